The molecule has 16 saturated heterocycles. The Hall–Kier alpha value is -10.1. The van der Waals surface area contributed by atoms with Gasteiger partial charge in [-0.15, -0.1) is 0 Å². The van der Waals surface area contributed by atoms with Crippen LogP contribution in [0.15, 0.2) is 334 Å². The van der Waals surface area contributed by atoms with E-state index in [2.05, 4.69) is 361 Å². The third-order valence-corrected chi connectivity index (χ3v) is 89.1. The fourth-order valence-corrected chi connectivity index (χ4v) is 84.0. The molecule has 44 rings (SSSR count). The van der Waals surface area contributed by atoms with Crippen LogP contribution in [0.3, 0.4) is 0 Å². The zero-order valence-electron chi connectivity index (χ0n) is 80.4. The first-order valence-corrected chi connectivity index (χ1v) is 71.8. The van der Waals surface area contributed by atoms with E-state index in [0.717, 1.165) is 121 Å². The molecule has 28 heterocycles. The number of ether oxygens (including phenoxy) is 4. The van der Waals surface area contributed by atoms with Gasteiger partial charge in [-0.25, -0.2) is 0 Å². The van der Waals surface area contributed by atoms with Crippen molar-refractivity contribution in [3.8, 4) is 68.7 Å². The Labute approximate surface area is 846 Å². The SMILES string of the molecule is [B]1B2[BH2-]P12(N=[P+]1B2[BH2-]B21)c1cc2c3c(c1)c1ccccc1n3-c1cccc3c1B2c1ccccc1O3.[B]1B2[BH2-]P12(N=[P+]1B2[BH2-]B21)c1ccc2c(c1)B1c3c(cccc3-n3c4ccccc4c4cccc1c43)O2.[B]1B2[BH2-]P12(N=[P+]1B2[BH2-]B21)c1ccc2c3ccccc3n3c2c1B1c2ccccc2Oc2cccc-3c21.[B]1B2[BH2-]P12(N=[P+]1B2[BH2-]B21)c1cccc2c1B1c3c(cccc3-n3c4ccccc4c4cccc1c43)O2. The van der Waals surface area contributed by atoms with Crippen molar-refractivity contribution < 1.29 is 18.9 Å². The van der Waals surface area contributed by atoms with Gasteiger partial charge in [0.05, 0.1) is 0 Å². The molecule has 0 bridgehead atoms. The van der Waals surface area contributed by atoms with E-state index < -0.39 is 25.6 Å². The average molecular weight is 1950 g/mol. The molecule has 0 atom stereocenters. The number of nitrogens with zero attached hydrogens (tertiary/aromatic N) is 8. The van der Waals surface area contributed by atoms with Crippen LogP contribution in [-0.2, 0) is 0 Å². The van der Waals surface area contributed by atoms with Crippen LogP contribution >= 0.6 is 55.4 Å². The van der Waals surface area contributed by atoms with Gasteiger partial charge in [0.15, 0.2) is 0 Å². The molecule has 0 saturated carbocycles. The fourth-order valence-electron chi connectivity index (χ4n) is 33.3. The van der Waals surface area contributed by atoms with Crippen LogP contribution in [0, 0.1) is 0 Å². The fraction of sp³-hybridized carbons (Fsp3) is 0. The summed E-state index contributed by atoms with van der Waals surface area (Å²) in [6, 6.07) is 118. The maximum absolute atomic E-state index is 6.78. The topological polar surface area (TPSA) is 106 Å². The van der Waals surface area contributed by atoms with E-state index in [1.807, 2.05) is 0 Å². The van der Waals surface area contributed by atoms with Gasteiger partial charge in [-0.05, 0) is 0 Å². The summed E-state index contributed by atoms with van der Waals surface area (Å²) in [5, 5.41) is 17.5. The Kier molecular flexibility index (Phi) is 13.4. The van der Waals surface area contributed by atoms with Crippen LogP contribution in [-0.4, -0.2) is 203 Å². The molecule has 0 spiro atoms. The molecule has 24 aliphatic rings. The Balaban J connectivity index is 0.0000000746. The van der Waals surface area contributed by atoms with Gasteiger partial charge in [0.1, 0.15) is 0 Å². The zero-order chi connectivity index (χ0) is 92.0. The van der Waals surface area contributed by atoms with Crippen LogP contribution in [0.25, 0.3) is 110 Å². The summed E-state index contributed by atoms with van der Waals surface area (Å²) in [6.45, 7) is 12.1. The number of para-hydroxylation sites is 8. The van der Waals surface area contributed by atoms with Crippen LogP contribution in [0.1, 0.15) is 0 Å². The summed E-state index contributed by atoms with van der Waals surface area (Å²) >= 11 is 0. The molecule has 144 heavy (non-hydrogen) atoms. The van der Waals surface area contributed by atoms with Gasteiger partial charge < -0.3 is 0 Å². The summed E-state index contributed by atoms with van der Waals surface area (Å²) < 4.78 is 60.2. The Morgan fingerprint density at radius 2 is 0.535 bits per heavy atom. The first-order chi connectivity index (χ1) is 71.0. The second kappa shape index (κ2) is 24.7. The number of hydrogen-bond donors (Lipinski definition) is 0. The van der Waals surface area contributed by atoms with Gasteiger partial charge in [0.2, 0.25) is 0 Å². The Morgan fingerprint density at radius 3 is 0.986 bits per heavy atom. The molecule has 16 aromatic carbocycles. The van der Waals surface area contributed by atoms with E-state index in [-0.39, 0.29) is 84.3 Å². The summed E-state index contributed by atoms with van der Waals surface area (Å²) in [6.07, 6.45) is 4.73. The predicted molar refractivity (Wildman–Crippen MR) is 672 cm³/mol. The van der Waals surface area contributed by atoms with Crippen molar-refractivity contribution in [2.24, 2.45) is 18.1 Å². The van der Waals surface area contributed by atoms with Gasteiger partial charge in [-0.1, -0.05) is 0 Å². The summed E-state index contributed by atoms with van der Waals surface area (Å²) in [7, 11) is 1.99. The van der Waals surface area contributed by atoms with Gasteiger partial charge in [0.25, 0.3) is 0 Å². The first kappa shape index (κ1) is 78.2. The molecule has 0 aliphatic carbocycles. The van der Waals surface area contributed by atoms with Gasteiger partial charge in [0, 0.05) is 0 Å². The van der Waals surface area contributed by atoms with Gasteiger partial charge >= 0.3 is 854 Å². The van der Waals surface area contributed by atoms with Crippen molar-refractivity contribution >= 4 is 414 Å². The zero-order valence-corrected chi connectivity index (χ0v) is 87.5. The Bertz CT molecular complexity index is 10200. The average Bonchev–Trinajstić information content (AvgIpc) is 1.17. The molecule has 4 radical (unpaired) electrons. The normalized spacial score (nSPS) is 21.9. The number of fused-ring (bicyclic) bond motifs is 36. The maximum atomic E-state index is 6.78. The van der Waals surface area contributed by atoms with Crippen LogP contribution in [0.4, 0.5) is 0 Å². The molecule has 0 unspecified atom stereocenters. The third-order valence-electron chi connectivity index (χ3n) is 43.8. The van der Waals surface area contributed by atoms with Crippen molar-refractivity contribution in [2.75, 3.05) is 0 Å². The monoisotopic (exact) mass is 1950 g/mol. The second-order valence-corrected chi connectivity index (χ2v) is 84.9. The van der Waals surface area contributed by atoms with Crippen LogP contribution in [0.2, 0.25) is 0 Å². The first-order valence-electron chi connectivity index (χ1n) is 55.0. The van der Waals surface area contributed by atoms with Gasteiger partial charge in [-0.2, -0.15) is 0 Å². The molecule has 12 nitrogen and oxygen atoms in total. The number of benzene rings is 16. The minimum absolute atomic E-state index is 0.0287. The van der Waals surface area contributed by atoms with Crippen LogP contribution in [0.5, 0.6) is 46.0 Å². The van der Waals surface area contributed by atoms with Crippen molar-refractivity contribution in [3.05, 3.63) is 315 Å². The quantitative estimate of drug-likeness (QED) is 0.142. The van der Waals surface area contributed by atoms with Crippen molar-refractivity contribution in [1.29, 1.82) is 0 Å². The number of rotatable bonds is 8. The van der Waals surface area contributed by atoms with Crippen molar-refractivity contribution in [2.45, 2.75) is 0 Å². The standard InChI is InChI=1S/4C24H17B7N2OP2/c1-3-8-19-15(6-1)16-12-14(36(26-29(36)27-36)32-35-30-25-31(30)35)13-18-24(16)33(19)20-9-5-11-22-23(20)28(18)17-7-2-4-10-21(17)34-22;1-3-8-17-14(6-1)15-12-13-21(36(26-29(36)27-36)32-35-30-25-31(30)35)23-24(15)33(17)18-9-5-11-20-22(18)28(23)16-7-2-4-10-19(16)34-20;1-2-9-17-14(6-1)15-7-3-8-16-24(15)33(17)18-10-4-11-19-22(18)28(16)23-20(34-19)12-5-13-21(23)36(26-29(36)27-36)32-35-30-25-31(30)35;1-2-8-19-15(5-1)16-6-3-7-17-24(16)33(19)20-9-4-10-22-23(20)28(17)18-13-14(11-12-21(18)34-22)36(26-29(36)27-36)32-35-30-25-31(30)35/h4*1-13H,25-26H2/q4*-1. The molecule has 644 valence electrons. The van der Waals surface area contributed by atoms with Crippen LogP contribution < -0.4 is 106 Å². The summed E-state index contributed by atoms with van der Waals surface area (Å²) in [5.74, 6) is 8.21. The van der Waals surface area contributed by atoms with E-state index in [1.54, 1.807) is 26.7 Å². The van der Waals surface area contributed by atoms with E-state index in [1.165, 1.54) is 170 Å². The van der Waals surface area contributed by atoms with Gasteiger partial charge in [-0.3, -0.25) is 0 Å². The predicted octanol–water partition coefficient (Wildman–Crippen LogP) is 5.78. The molecule has 0 amide bonds. The Morgan fingerprint density at radius 1 is 0.229 bits per heavy atom. The van der Waals surface area contributed by atoms with E-state index >= 15 is 0 Å². The molecule has 20 aromatic rings. The summed E-state index contributed by atoms with van der Waals surface area (Å²) in [4.78, 5) is 0. The van der Waals surface area contributed by atoms with Crippen molar-refractivity contribution in [1.82, 2.24) is 18.3 Å². The molecule has 4 aromatic heterocycles. The van der Waals surface area contributed by atoms with Crippen molar-refractivity contribution in [3.63, 3.8) is 0 Å². The molecule has 0 N–H and O–H groups in total. The van der Waals surface area contributed by atoms with E-state index in [4.69, 9.17) is 37.0 Å². The number of hydrogen-bond acceptors (Lipinski definition) is 8. The molecular formula is C96H68B28N8O4P8-4. The molecule has 16 fully saturated rings. The molecule has 24 aliphatic heterocycles. The van der Waals surface area contributed by atoms with E-state index in [0.29, 0.717) is 28.2 Å². The molecule has 48 heteroatoms. The minimum atomic E-state index is -2.07. The van der Waals surface area contributed by atoms with E-state index in [9.17, 15) is 0 Å². The third kappa shape index (κ3) is 9.18. The summed E-state index contributed by atoms with van der Waals surface area (Å²) in [5.41, 5.74) is 32.6. The number of aromatic nitrogens is 4. The molecular weight excluding hydrogens is 1880 g/mol. The second-order valence-electron chi connectivity index (χ2n) is 50.5.